The summed E-state index contributed by atoms with van der Waals surface area (Å²) in [4.78, 5) is 19.0. The van der Waals surface area contributed by atoms with Gasteiger partial charge in [-0.05, 0) is 0 Å². The summed E-state index contributed by atoms with van der Waals surface area (Å²) in [6, 6.07) is -1.26. The number of nitrogens with one attached hydrogen (secondary N) is 2. The average Bonchev–Trinajstić information content (AvgIpc) is 2.59. The van der Waals surface area contributed by atoms with Gasteiger partial charge in [0.05, 0.1) is 6.54 Å². The first-order valence-corrected chi connectivity index (χ1v) is 5.24. The van der Waals surface area contributed by atoms with Gasteiger partial charge in [0.2, 0.25) is 0 Å². The zero-order valence-corrected chi connectivity index (χ0v) is 9.34. The van der Waals surface area contributed by atoms with Gasteiger partial charge in [-0.15, -0.1) is 0 Å². The van der Waals surface area contributed by atoms with Gasteiger partial charge >= 0.3 is 0 Å². The van der Waals surface area contributed by atoms with Gasteiger partial charge in [-0.2, -0.15) is 0 Å². The van der Waals surface area contributed by atoms with E-state index in [1.807, 2.05) is 0 Å². The molecule has 17 heavy (non-hydrogen) atoms. The van der Waals surface area contributed by atoms with Crippen LogP contribution in [-0.2, 0) is 0 Å². The van der Waals surface area contributed by atoms with Crippen molar-refractivity contribution in [1.29, 1.82) is 0 Å². The van der Waals surface area contributed by atoms with Gasteiger partial charge in [-0.1, -0.05) is 11.6 Å². The number of halogens is 3. The van der Waals surface area contributed by atoms with Gasteiger partial charge < -0.3 is 10.6 Å². The molecular formula is C9H9ClF2N4O. The predicted molar refractivity (Wildman–Crippen MR) is 56.1 cm³/mol. The molecule has 1 aliphatic heterocycles. The number of aromatic nitrogens is 2. The van der Waals surface area contributed by atoms with Crippen LogP contribution in [0, 0.1) is 0 Å². The molecule has 2 heterocycles. The van der Waals surface area contributed by atoms with Crippen LogP contribution in [0.4, 0.5) is 8.78 Å². The molecule has 0 spiro atoms. The topological polar surface area (TPSA) is 66.9 Å². The molecule has 1 aromatic rings. The molecule has 1 amide bonds. The number of hydrogen-bond acceptors (Lipinski definition) is 4. The molecule has 0 aromatic carbocycles. The highest BCUT2D eigenvalue weighted by atomic mass is 35.5. The monoisotopic (exact) mass is 262 g/mol. The summed E-state index contributed by atoms with van der Waals surface area (Å²) in [5.74, 6) is -3.72. The van der Waals surface area contributed by atoms with E-state index in [1.54, 1.807) is 0 Å². The minimum atomic E-state index is -2.97. The van der Waals surface area contributed by atoms with Crippen molar-refractivity contribution in [3.05, 3.63) is 23.2 Å². The van der Waals surface area contributed by atoms with Crippen LogP contribution in [0.15, 0.2) is 12.4 Å². The Morgan fingerprint density at radius 1 is 1.53 bits per heavy atom. The summed E-state index contributed by atoms with van der Waals surface area (Å²) in [7, 11) is 0. The maximum Gasteiger partial charge on any atom is 0.281 e. The molecule has 2 N–H and O–H groups in total. The maximum absolute atomic E-state index is 13.2. The molecule has 92 valence electrons. The molecule has 2 rings (SSSR count). The van der Waals surface area contributed by atoms with Gasteiger partial charge in [0, 0.05) is 18.9 Å². The number of carbonyl (C=O) groups is 1. The summed E-state index contributed by atoms with van der Waals surface area (Å²) >= 11 is 5.64. The second-order valence-corrected chi connectivity index (χ2v) is 3.97. The molecule has 1 atom stereocenters. The number of alkyl halides is 2. The van der Waals surface area contributed by atoms with Crippen LogP contribution in [0.1, 0.15) is 10.5 Å². The molecular weight excluding hydrogens is 254 g/mol. The molecule has 0 aliphatic carbocycles. The summed E-state index contributed by atoms with van der Waals surface area (Å²) in [5.41, 5.74) is -0.156. The highest BCUT2D eigenvalue weighted by Gasteiger charge is 2.45. The first-order chi connectivity index (χ1) is 8.00. The smallest absolute Gasteiger partial charge is 0.281 e. The van der Waals surface area contributed by atoms with Gasteiger partial charge in [0.1, 0.15) is 6.04 Å². The molecule has 8 heteroatoms. The van der Waals surface area contributed by atoms with Crippen LogP contribution in [0.5, 0.6) is 0 Å². The average molecular weight is 263 g/mol. The number of hydrogen-bond donors (Lipinski definition) is 2. The van der Waals surface area contributed by atoms with Crippen molar-refractivity contribution in [2.24, 2.45) is 0 Å². The van der Waals surface area contributed by atoms with E-state index >= 15 is 0 Å². The van der Waals surface area contributed by atoms with E-state index in [2.05, 4.69) is 20.6 Å². The molecule has 1 aliphatic rings. The zero-order chi connectivity index (χ0) is 12.5. The normalized spacial score (nSPS) is 22.4. The van der Waals surface area contributed by atoms with Crippen molar-refractivity contribution in [2.75, 3.05) is 13.1 Å². The first-order valence-electron chi connectivity index (χ1n) is 4.86. The van der Waals surface area contributed by atoms with Crippen LogP contribution in [0.25, 0.3) is 0 Å². The van der Waals surface area contributed by atoms with Crippen molar-refractivity contribution in [2.45, 2.75) is 12.0 Å². The van der Waals surface area contributed by atoms with Gasteiger partial charge in [-0.25, -0.2) is 18.7 Å². The molecule has 0 saturated carbocycles. The Hall–Kier alpha value is -1.34. The van der Waals surface area contributed by atoms with Crippen LogP contribution in [-0.4, -0.2) is 40.9 Å². The van der Waals surface area contributed by atoms with Gasteiger partial charge in [0.15, 0.2) is 10.8 Å². The first kappa shape index (κ1) is 12.1. The van der Waals surface area contributed by atoms with E-state index < -0.39 is 24.4 Å². The standard InChI is InChI=1S/C9H9ClF2N4O/c10-7-6(14-1-2-15-7)8(17)16-5-3-13-4-9(5,11)12/h1-2,5,13H,3-4H2,(H,16,17)/t5-/m0/s1. The Labute approximate surface area is 101 Å². The summed E-state index contributed by atoms with van der Waals surface area (Å²) in [6.45, 7) is -0.442. The zero-order valence-electron chi connectivity index (χ0n) is 8.58. The lowest BCUT2D eigenvalue weighted by molar-refractivity contribution is -0.00253. The second-order valence-electron chi connectivity index (χ2n) is 3.61. The molecule has 1 aromatic heterocycles. The van der Waals surface area contributed by atoms with E-state index in [9.17, 15) is 13.6 Å². The highest BCUT2D eigenvalue weighted by molar-refractivity contribution is 6.32. The Bertz CT molecular complexity index is 443. The fourth-order valence-corrected chi connectivity index (χ4v) is 1.70. The van der Waals surface area contributed by atoms with Crippen LogP contribution in [0.2, 0.25) is 5.15 Å². The largest absolute Gasteiger partial charge is 0.340 e. The fourth-order valence-electron chi connectivity index (χ4n) is 1.51. The van der Waals surface area contributed by atoms with E-state index in [-0.39, 0.29) is 17.4 Å². The Morgan fingerprint density at radius 3 is 2.82 bits per heavy atom. The Balaban J connectivity index is 2.10. The van der Waals surface area contributed by atoms with E-state index in [4.69, 9.17) is 11.6 Å². The maximum atomic E-state index is 13.2. The van der Waals surface area contributed by atoms with Gasteiger partial charge in [0.25, 0.3) is 11.8 Å². The third kappa shape index (κ3) is 2.50. The number of carbonyl (C=O) groups excluding carboxylic acids is 1. The number of nitrogens with zero attached hydrogens (tertiary/aromatic N) is 2. The lowest BCUT2D eigenvalue weighted by atomic mass is 10.2. The molecule has 0 bridgehead atoms. The predicted octanol–water partition coefficient (Wildman–Crippen LogP) is 0.467. The third-order valence-corrected chi connectivity index (χ3v) is 2.67. The molecule has 0 radical (unpaired) electrons. The Morgan fingerprint density at radius 2 is 2.24 bits per heavy atom. The lowest BCUT2D eigenvalue weighted by Gasteiger charge is -2.18. The summed E-state index contributed by atoms with van der Waals surface area (Å²) < 4.78 is 26.5. The van der Waals surface area contributed by atoms with Gasteiger partial charge in [-0.3, -0.25) is 4.79 Å². The van der Waals surface area contributed by atoms with Crippen molar-refractivity contribution in [3.63, 3.8) is 0 Å². The molecule has 0 unspecified atom stereocenters. The lowest BCUT2D eigenvalue weighted by Crippen LogP contribution is -2.47. The SMILES string of the molecule is O=C(N[C@H]1CNCC1(F)F)c1nccnc1Cl. The second kappa shape index (κ2) is 4.50. The highest BCUT2D eigenvalue weighted by Crippen LogP contribution is 2.22. The van der Waals surface area contributed by atoms with E-state index in [0.29, 0.717) is 0 Å². The number of rotatable bonds is 2. The van der Waals surface area contributed by atoms with Crippen molar-refractivity contribution in [1.82, 2.24) is 20.6 Å². The van der Waals surface area contributed by atoms with Crippen LogP contribution >= 0.6 is 11.6 Å². The van der Waals surface area contributed by atoms with Crippen LogP contribution in [0.3, 0.4) is 0 Å². The summed E-state index contributed by atoms with van der Waals surface area (Å²) in [6.07, 6.45) is 2.58. The van der Waals surface area contributed by atoms with Crippen molar-refractivity contribution in [3.8, 4) is 0 Å². The summed E-state index contributed by atoms with van der Waals surface area (Å²) in [5, 5.41) is 4.58. The minimum absolute atomic E-state index is 0.0105. The molecule has 1 fully saturated rings. The minimum Gasteiger partial charge on any atom is -0.340 e. The van der Waals surface area contributed by atoms with E-state index in [1.165, 1.54) is 12.4 Å². The third-order valence-electron chi connectivity index (χ3n) is 2.39. The van der Waals surface area contributed by atoms with E-state index in [0.717, 1.165) is 0 Å². The number of amides is 1. The quantitative estimate of drug-likeness (QED) is 0.813. The molecule has 1 saturated heterocycles. The van der Waals surface area contributed by atoms with Crippen LogP contribution < -0.4 is 10.6 Å². The fraction of sp³-hybridized carbons (Fsp3) is 0.444. The Kier molecular flexibility index (Phi) is 3.21. The molecule has 5 nitrogen and oxygen atoms in total. The van der Waals surface area contributed by atoms with Crippen molar-refractivity contribution < 1.29 is 13.6 Å². The van der Waals surface area contributed by atoms with Crippen molar-refractivity contribution >= 4 is 17.5 Å².